The van der Waals surface area contributed by atoms with Gasteiger partial charge in [-0.25, -0.2) is 4.39 Å². The summed E-state index contributed by atoms with van der Waals surface area (Å²) >= 11 is 0. The molecule has 5 heteroatoms. The number of rotatable bonds is 5. The lowest BCUT2D eigenvalue weighted by Crippen LogP contribution is -2.39. The summed E-state index contributed by atoms with van der Waals surface area (Å²) < 4.78 is 13.3. The molecule has 116 valence electrons. The molecule has 4 nitrogen and oxygen atoms in total. The summed E-state index contributed by atoms with van der Waals surface area (Å²) in [6.45, 7) is 0.401. The third-order valence-corrected chi connectivity index (χ3v) is 4.14. The summed E-state index contributed by atoms with van der Waals surface area (Å²) in [6, 6.07) is 6.32. The van der Waals surface area contributed by atoms with Crippen LogP contribution in [0.15, 0.2) is 24.3 Å². The maximum Gasteiger partial charge on any atom is 0.225 e. The summed E-state index contributed by atoms with van der Waals surface area (Å²) in [4.78, 5) is 14.1. The molecule has 0 saturated heterocycles. The van der Waals surface area contributed by atoms with Crippen molar-refractivity contribution >= 4 is 5.91 Å². The second-order valence-electron chi connectivity index (χ2n) is 5.88. The molecule has 0 spiro atoms. The smallest absolute Gasteiger partial charge is 0.225 e. The van der Waals surface area contributed by atoms with E-state index in [1.165, 1.54) is 12.1 Å². The van der Waals surface area contributed by atoms with Gasteiger partial charge in [-0.2, -0.15) is 0 Å². The Morgan fingerprint density at radius 1 is 1.48 bits per heavy atom. The van der Waals surface area contributed by atoms with E-state index in [1.54, 1.807) is 6.07 Å². The standard InChI is InChI=1S/C16H23FN2O2/c1-19(2)14(11-5-3-6-12(17)9-11)10-18-16(21)13-7-4-8-15(13)20/h3,5-6,9,13-15,20H,4,7-8,10H2,1-2H3,(H,18,21). The van der Waals surface area contributed by atoms with Gasteiger partial charge in [-0.1, -0.05) is 12.1 Å². The third-order valence-electron chi connectivity index (χ3n) is 4.14. The Balaban J connectivity index is 1.99. The Labute approximate surface area is 125 Å². The number of nitrogens with one attached hydrogen (secondary N) is 1. The highest BCUT2D eigenvalue weighted by Crippen LogP contribution is 2.26. The maximum absolute atomic E-state index is 13.3. The van der Waals surface area contributed by atoms with Crippen molar-refractivity contribution in [1.29, 1.82) is 0 Å². The zero-order valence-corrected chi connectivity index (χ0v) is 12.6. The molecule has 0 bridgehead atoms. The van der Waals surface area contributed by atoms with E-state index >= 15 is 0 Å². The summed E-state index contributed by atoms with van der Waals surface area (Å²) in [7, 11) is 3.79. The van der Waals surface area contributed by atoms with E-state index in [0.29, 0.717) is 13.0 Å². The van der Waals surface area contributed by atoms with Gasteiger partial charge in [0.05, 0.1) is 18.1 Å². The van der Waals surface area contributed by atoms with E-state index < -0.39 is 6.10 Å². The van der Waals surface area contributed by atoms with Crippen molar-refractivity contribution in [2.75, 3.05) is 20.6 Å². The molecule has 2 N–H and O–H groups in total. The van der Waals surface area contributed by atoms with Crippen LogP contribution in [0.5, 0.6) is 0 Å². The number of amides is 1. The SMILES string of the molecule is CN(C)C(CNC(=O)C1CCCC1O)c1cccc(F)c1. The fraction of sp³-hybridized carbons (Fsp3) is 0.562. The highest BCUT2D eigenvalue weighted by atomic mass is 19.1. The first kappa shape index (κ1) is 15.9. The Hall–Kier alpha value is -1.46. The van der Waals surface area contributed by atoms with Crippen LogP contribution < -0.4 is 5.32 Å². The van der Waals surface area contributed by atoms with Crippen molar-refractivity contribution in [3.8, 4) is 0 Å². The van der Waals surface area contributed by atoms with Crippen LogP contribution in [0.1, 0.15) is 30.9 Å². The van der Waals surface area contributed by atoms with Crippen LogP contribution in [0.2, 0.25) is 0 Å². The molecule has 1 fully saturated rings. The minimum absolute atomic E-state index is 0.0943. The largest absolute Gasteiger partial charge is 0.392 e. The van der Waals surface area contributed by atoms with Gasteiger partial charge in [0.2, 0.25) is 5.91 Å². The molecule has 1 saturated carbocycles. The van der Waals surface area contributed by atoms with E-state index in [2.05, 4.69) is 5.32 Å². The number of hydrogen-bond acceptors (Lipinski definition) is 3. The van der Waals surface area contributed by atoms with Crippen molar-refractivity contribution in [2.24, 2.45) is 5.92 Å². The fourth-order valence-electron chi connectivity index (χ4n) is 2.89. The fourth-order valence-corrected chi connectivity index (χ4v) is 2.89. The van der Waals surface area contributed by atoms with Crippen LogP contribution in [-0.2, 0) is 4.79 Å². The molecule has 2 rings (SSSR count). The molecule has 3 unspecified atom stereocenters. The average Bonchev–Trinajstić information content (AvgIpc) is 2.85. The molecule has 0 radical (unpaired) electrons. The van der Waals surface area contributed by atoms with E-state index in [1.807, 2.05) is 25.1 Å². The molecule has 0 heterocycles. The zero-order chi connectivity index (χ0) is 15.4. The highest BCUT2D eigenvalue weighted by Gasteiger charge is 2.31. The zero-order valence-electron chi connectivity index (χ0n) is 12.6. The van der Waals surface area contributed by atoms with E-state index in [0.717, 1.165) is 18.4 Å². The minimum atomic E-state index is -0.531. The number of nitrogens with zero attached hydrogens (tertiary/aromatic N) is 1. The van der Waals surface area contributed by atoms with Crippen molar-refractivity contribution in [1.82, 2.24) is 10.2 Å². The van der Waals surface area contributed by atoms with Crippen LogP contribution in [0.4, 0.5) is 4.39 Å². The normalized spacial score (nSPS) is 23.3. The number of carbonyl (C=O) groups excluding carboxylic acids is 1. The van der Waals surface area contributed by atoms with Gasteiger partial charge in [-0.05, 0) is 51.1 Å². The van der Waals surface area contributed by atoms with Gasteiger partial charge in [0.1, 0.15) is 5.82 Å². The summed E-state index contributed by atoms with van der Waals surface area (Å²) in [5.74, 6) is -0.694. The molecular formula is C16H23FN2O2. The summed E-state index contributed by atoms with van der Waals surface area (Å²) in [5, 5.41) is 12.7. The predicted octanol–water partition coefficient (Wildman–Crippen LogP) is 1.71. The lowest BCUT2D eigenvalue weighted by molar-refractivity contribution is -0.127. The molecule has 1 aliphatic rings. The number of benzene rings is 1. The number of hydrogen-bond donors (Lipinski definition) is 2. The average molecular weight is 294 g/mol. The van der Waals surface area contributed by atoms with Crippen molar-refractivity contribution in [3.63, 3.8) is 0 Å². The lowest BCUT2D eigenvalue weighted by atomic mass is 10.0. The number of halogens is 1. The highest BCUT2D eigenvalue weighted by molar-refractivity contribution is 5.79. The molecule has 21 heavy (non-hydrogen) atoms. The number of aliphatic hydroxyl groups is 1. The van der Waals surface area contributed by atoms with Crippen LogP contribution in [0, 0.1) is 11.7 Å². The summed E-state index contributed by atoms with van der Waals surface area (Å²) in [6.07, 6.45) is 1.79. The molecule has 0 aliphatic heterocycles. The topological polar surface area (TPSA) is 52.6 Å². The van der Waals surface area contributed by atoms with Gasteiger partial charge >= 0.3 is 0 Å². The van der Waals surface area contributed by atoms with Crippen molar-refractivity contribution in [3.05, 3.63) is 35.6 Å². The van der Waals surface area contributed by atoms with E-state index in [-0.39, 0.29) is 23.7 Å². The second-order valence-corrected chi connectivity index (χ2v) is 5.88. The summed E-state index contributed by atoms with van der Waals surface area (Å²) in [5.41, 5.74) is 0.826. The maximum atomic E-state index is 13.3. The monoisotopic (exact) mass is 294 g/mol. The van der Waals surface area contributed by atoms with Gasteiger partial charge in [0.25, 0.3) is 0 Å². The molecule has 1 amide bonds. The van der Waals surface area contributed by atoms with Crippen LogP contribution in [-0.4, -0.2) is 42.7 Å². The van der Waals surface area contributed by atoms with Crippen LogP contribution in [0.3, 0.4) is 0 Å². The Bertz CT molecular complexity index is 493. The van der Waals surface area contributed by atoms with Crippen LogP contribution >= 0.6 is 0 Å². The minimum Gasteiger partial charge on any atom is -0.392 e. The molecule has 1 aliphatic carbocycles. The first-order chi connectivity index (χ1) is 9.99. The number of aliphatic hydroxyl groups excluding tert-OH is 1. The lowest BCUT2D eigenvalue weighted by Gasteiger charge is -2.26. The van der Waals surface area contributed by atoms with Crippen molar-refractivity contribution in [2.45, 2.75) is 31.4 Å². The van der Waals surface area contributed by atoms with E-state index in [4.69, 9.17) is 0 Å². The van der Waals surface area contributed by atoms with Gasteiger partial charge in [-0.15, -0.1) is 0 Å². The Morgan fingerprint density at radius 2 is 2.24 bits per heavy atom. The van der Waals surface area contributed by atoms with Crippen molar-refractivity contribution < 1.29 is 14.3 Å². The van der Waals surface area contributed by atoms with Gasteiger partial charge < -0.3 is 15.3 Å². The molecule has 3 atom stereocenters. The van der Waals surface area contributed by atoms with E-state index in [9.17, 15) is 14.3 Å². The Morgan fingerprint density at radius 3 is 2.81 bits per heavy atom. The quantitative estimate of drug-likeness (QED) is 0.869. The second kappa shape index (κ2) is 7.00. The number of carbonyl (C=O) groups is 1. The first-order valence-electron chi connectivity index (χ1n) is 7.36. The third kappa shape index (κ3) is 4.02. The van der Waals surface area contributed by atoms with Gasteiger partial charge in [0, 0.05) is 6.54 Å². The molecule has 0 aromatic heterocycles. The molecular weight excluding hydrogens is 271 g/mol. The molecule has 1 aromatic rings. The first-order valence-corrected chi connectivity index (χ1v) is 7.36. The predicted molar refractivity (Wildman–Crippen MR) is 79.2 cm³/mol. The Kier molecular flexibility index (Phi) is 5.31. The van der Waals surface area contributed by atoms with Crippen LogP contribution in [0.25, 0.3) is 0 Å². The molecule has 1 aromatic carbocycles. The van der Waals surface area contributed by atoms with Gasteiger partial charge in [0.15, 0.2) is 0 Å². The van der Waals surface area contributed by atoms with Gasteiger partial charge in [-0.3, -0.25) is 4.79 Å². The number of likely N-dealkylation sites (N-methyl/N-ethyl adjacent to an activating group) is 1.